The molecular formula is C30H32N8O6. The van der Waals surface area contributed by atoms with Gasteiger partial charge in [-0.15, -0.1) is 5.10 Å². The maximum absolute atomic E-state index is 13.1. The lowest BCUT2D eigenvalue weighted by atomic mass is 10.0. The van der Waals surface area contributed by atoms with Crippen molar-refractivity contribution in [2.75, 3.05) is 25.0 Å². The number of aromatic amines is 1. The van der Waals surface area contributed by atoms with E-state index in [0.717, 1.165) is 10.2 Å². The van der Waals surface area contributed by atoms with Crippen molar-refractivity contribution in [1.82, 2.24) is 25.1 Å². The van der Waals surface area contributed by atoms with Crippen LogP contribution in [0.1, 0.15) is 54.9 Å². The van der Waals surface area contributed by atoms with Gasteiger partial charge in [-0.3, -0.25) is 4.98 Å². The molecule has 0 saturated carbocycles. The minimum absolute atomic E-state index is 0.0454. The van der Waals surface area contributed by atoms with Crippen LogP contribution in [0.5, 0.6) is 11.5 Å². The Bertz CT molecular complexity index is 1770. The number of alkyl carbamates (subject to hydrolysis) is 1. The molecule has 44 heavy (non-hydrogen) atoms. The number of H-pyrrole nitrogens is 1. The number of methoxy groups -OCH3 is 1. The second kappa shape index (κ2) is 12.4. The number of carbonyl (C=O) groups excluding carboxylic acids is 1. The van der Waals surface area contributed by atoms with Gasteiger partial charge in [0.1, 0.15) is 11.6 Å². The Labute approximate surface area is 252 Å². The number of nitrogen functional groups attached to an aromatic ring is 1. The maximum Gasteiger partial charge on any atom is 0.407 e. The second-order valence-electron chi connectivity index (χ2n) is 10.9. The molecule has 5 N–H and O–H groups in total. The lowest BCUT2D eigenvalue weighted by Crippen LogP contribution is -2.32. The number of carbonyl (C=O) groups is 1. The highest BCUT2D eigenvalue weighted by atomic mass is 16.7. The molecule has 3 heterocycles. The molecule has 0 radical (unpaired) electrons. The zero-order valence-corrected chi connectivity index (χ0v) is 24.6. The Morgan fingerprint density at radius 2 is 2.09 bits per heavy atom. The number of anilines is 2. The molecule has 2 aromatic heterocycles. The lowest BCUT2D eigenvalue weighted by Gasteiger charge is -2.24. The zero-order valence-electron chi connectivity index (χ0n) is 24.6. The third-order valence-corrected chi connectivity index (χ3v) is 6.54. The van der Waals surface area contributed by atoms with Crippen LogP contribution in [0.15, 0.2) is 53.5 Å². The Morgan fingerprint density at radius 3 is 2.82 bits per heavy atom. The zero-order chi connectivity index (χ0) is 31.4. The van der Waals surface area contributed by atoms with Crippen LogP contribution >= 0.6 is 0 Å². The largest absolute Gasteiger partial charge is 0.493 e. The summed E-state index contributed by atoms with van der Waals surface area (Å²) >= 11 is 0. The molecule has 4 aromatic rings. The molecule has 1 unspecified atom stereocenters. The number of nitriles is 1. The van der Waals surface area contributed by atoms with Gasteiger partial charge in [0.25, 0.3) is 0 Å². The number of hydrogen-bond acceptors (Lipinski definition) is 11. The molecule has 0 bridgehead atoms. The first-order valence-electron chi connectivity index (χ1n) is 13.6. The van der Waals surface area contributed by atoms with Crippen LogP contribution in [-0.4, -0.2) is 45.3 Å². The summed E-state index contributed by atoms with van der Waals surface area (Å²) in [5.74, 6) is 1.47. The molecule has 0 aliphatic carbocycles. The number of nitrogens with one attached hydrogen (secondary N) is 3. The van der Waals surface area contributed by atoms with Crippen LogP contribution < -0.4 is 31.5 Å². The quantitative estimate of drug-likeness (QED) is 0.231. The van der Waals surface area contributed by atoms with E-state index in [1.165, 1.54) is 13.3 Å². The molecule has 5 rings (SSSR count). The molecular weight excluding hydrogens is 568 g/mol. The van der Waals surface area contributed by atoms with Crippen LogP contribution in [0.3, 0.4) is 0 Å². The first kappa shape index (κ1) is 29.9. The van der Waals surface area contributed by atoms with Gasteiger partial charge in [0.2, 0.25) is 0 Å². The Kier molecular flexibility index (Phi) is 8.41. The number of ether oxygens (including phenoxy) is 4. The van der Waals surface area contributed by atoms with Gasteiger partial charge in [-0.25, -0.2) is 14.6 Å². The van der Waals surface area contributed by atoms with Crippen LogP contribution in [0.4, 0.5) is 16.2 Å². The van der Waals surface area contributed by atoms with Crippen molar-refractivity contribution in [3.05, 3.63) is 87.2 Å². The van der Waals surface area contributed by atoms with Gasteiger partial charge in [0.15, 0.2) is 29.9 Å². The van der Waals surface area contributed by atoms with Crippen molar-refractivity contribution in [1.29, 1.82) is 5.26 Å². The van der Waals surface area contributed by atoms with Gasteiger partial charge in [0, 0.05) is 24.0 Å². The van der Waals surface area contributed by atoms with Crippen molar-refractivity contribution in [2.24, 2.45) is 0 Å². The minimum atomic E-state index is -0.741. The number of pyridine rings is 1. The second-order valence-corrected chi connectivity index (χ2v) is 10.9. The van der Waals surface area contributed by atoms with Crippen molar-refractivity contribution in [3.8, 4) is 23.4 Å². The van der Waals surface area contributed by atoms with E-state index in [-0.39, 0.29) is 30.7 Å². The standard InChI is InChI=1S/C30H32N8O6/c1-30(2,3)44-29(40)34-14-19-11-21(8-7-17(19)13-31)35-24(18-10-20-15-42-16-43-25(20)23(12-18)41-4)26-36-28(39)38(37-26)27-22(32)6-5-9-33-27/h5-12,24,35H,14-16,32H2,1-4H3,(H,34,40)(H,36,37,39). The normalized spacial score (nSPS) is 13.2. The van der Waals surface area contributed by atoms with E-state index >= 15 is 0 Å². The molecule has 0 fully saturated rings. The molecule has 14 heteroatoms. The maximum atomic E-state index is 13.1. The summed E-state index contributed by atoms with van der Waals surface area (Å²) in [7, 11) is 1.53. The first-order chi connectivity index (χ1) is 21.1. The molecule has 228 valence electrons. The summed E-state index contributed by atoms with van der Waals surface area (Å²) in [4.78, 5) is 32.4. The summed E-state index contributed by atoms with van der Waals surface area (Å²) in [6.07, 6.45) is 0.903. The van der Waals surface area contributed by atoms with Crippen LogP contribution in [-0.2, 0) is 22.6 Å². The molecule has 1 aliphatic rings. The number of amides is 1. The number of benzene rings is 2. The average Bonchev–Trinajstić information content (AvgIpc) is 3.38. The van der Waals surface area contributed by atoms with E-state index < -0.39 is 23.4 Å². The Hall–Kier alpha value is -5.55. The highest BCUT2D eigenvalue weighted by Gasteiger charge is 2.26. The monoisotopic (exact) mass is 600 g/mol. The van der Waals surface area contributed by atoms with Gasteiger partial charge in [-0.1, -0.05) is 0 Å². The number of rotatable bonds is 8. The number of nitrogens with zero attached hydrogens (tertiary/aromatic N) is 4. The van der Waals surface area contributed by atoms with Gasteiger partial charge < -0.3 is 35.3 Å². The molecule has 1 aliphatic heterocycles. The summed E-state index contributed by atoms with van der Waals surface area (Å²) < 4.78 is 23.2. The highest BCUT2D eigenvalue weighted by Crippen LogP contribution is 2.39. The smallest absolute Gasteiger partial charge is 0.407 e. The van der Waals surface area contributed by atoms with Crippen molar-refractivity contribution in [3.63, 3.8) is 0 Å². The number of hydrogen-bond donors (Lipinski definition) is 4. The van der Waals surface area contributed by atoms with E-state index in [0.29, 0.717) is 40.5 Å². The number of fused-ring (bicyclic) bond motifs is 1. The molecule has 2 aromatic carbocycles. The van der Waals surface area contributed by atoms with Gasteiger partial charge in [-0.05, 0) is 74.4 Å². The average molecular weight is 601 g/mol. The van der Waals surface area contributed by atoms with Gasteiger partial charge in [-0.2, -0.15) is 9.94 Å². The SMILES string of the molecule is COc1cc(C(Nc2ccc(C#N)c(CNC(=O)OC(C)(C)C)c2)c2nn(-c3ncccc3N)c(=O)[nH]2)cc2c1OCOC2. The van der Waals surface area contributed by atoms with E-state index in [1.54, 1.807) is 57.2 Å². The lowest BCUT2D eigenvalue weighted by molar-refractivity contribution is -0.0180. The summed E-state index contributed by atoms with van der Waals surface area (Å²) in [5.41, 5.74) is 8.05. The van der Waals surface area contributed by atoms with E-state index in [2.05, 4.69) is 31.8 Å². The van der Waals surface area contributed by atoms with E-state index in [4.69, 9.17) is 24.7 Å². The molecule has 1 atom stereocenters. The predicted molar refractivity (Wildman–Crippen MR) is 159 cm³/mol. The Balaban J connectivity index is 1.55. The predicted octanol–water partition coefficient (Wildman–Crippen LogP) is 3.51. The van der Waals surface area contributed by atoms with Crippen molar-refractivity contribution < 1.29 is 23.7 Å². The van der Waals surface area contributed by atoms with Gasteiger partial charge >= 0.3 is 11.8 Å². The number of aromatic nitrogens is 4. The van der Waals surface area contributed by atoms with Gasteiger partial charge in [0.05, 0.1) is 31.0 Å². The fourth-order valence-electron chi connectivity index (χ4n) is 4.62. The summed E-state index contributed by atoms with van der Waals surface area (Å²) in [6, 6.07) is 13.4. The van der Waals surface area contributed by atoms with E-state index in [1.807, 2.05) is 6.07 Å². The number of nitrogens with two attached hydrogens (primary N) is 1. The molecule has 14 nitrogen and oxygen atoms in total. The topological polar surface area (TPSA) is 191 Å². The summed E-state index contributed by atoms with van der Waals surface area (Å²) in [5, 5.41) is 20.4. The van der Waals surface area contributed by atoms with Crippen LogP contribution in [0.2, 0.25) is 0 Å². The molecule has 1 amide bonds. The van der Waals surface area contributed by atoms with Crippen LogP contribution in [0.25, 0.3) is 5.82 Å². The Morgan fingerprint density at radius 1 is 1.27 bits per heavy atom. The third-order valence-electron chi connectivity index (χ3n) is 6.54. The fraction of sp³-hybridized carbons (Fsp3) is 0.300. The minimum Gasteiger partial charge on any atom is -0.493 e. The first-order valence-corrected chi connectivity index (χ1v) is 13.6. The fourth-order valence-corrected chi connectivity index (χ4v) is 4.62. The summed E-state index contributed by atoms with van der Waals surface area (Å²) in [6.45, 7) is 5.72. The highest BCUT2D eigenvalue weighted by molar-refractivity contribution is 5.68. The molecule has 0 spiro atoms. The van der Waals surface area contributed by atoms with E-state index in [9.17, 15) is 14.9 Å². The van der Waals surface area contributed by atoms with Crippen LogP contribution in [0, 0.1) is 11.3 Å². The van der Waals surface area contributed by atoms with Crippen molar-refractivity contribution in [2.45, 2.75) is 45.6 Å². The molecule has 0 saturated heterocycles. The van der Waals surface area contributed by atoms with Crippen molar-refractivity contribution >= 4 is 17.5 Å². The third kappa shape index (κ3) is 6.58.